The van der Waals surface area contributed by atoms with Gasteiger partial charge in [0.05, 0.1) is 0 Å². The molecule has 0 amide bonds. The summed E-state index contributed by atoms with van der Waals surface area (Å²) in [5, 5.41) is 0. The largest absolute Gasteiger partial charge is 0.303 e. The number of likely N-dealkylation sites (tertiary alicyclic amines) is 1. The van der Waals surface area contributed by atoms with E-state index >= 15 is 0 Å². The third kappa shape index (κ3) is 2.32. The van der Waals surface area contributed by atoms with Gasteiger partial charge in [0.1, 0.15) is 0 Å². The van der Waals surface area contributed by atoms with E-state index in [0.717, 1.165) is 12.0 Å². The van der Waals surface area contributed by atoms with Crippen molar-refractivity contribution in [3.8, 4) is 11.1 Å². The minimum Gasteiger partial charge on any atom is -0.303 e. The molecule has 2 aromatic rings. The highest BCUT2D eigenvalue weighted by molar-refractivity contribution is 5.66. The number of likely N-dealkylation sites (N-methyl/N-ethyl adjacent to an activating group) is 1. The van der Waals surface area contributed by atoms with Crippen molar-refractivity contribution in [2.75, 3.05) is 13.6 Å². The summed E-state index contributed by atoms with van der Waals surface area (Å²) in [7, 11) is 2.36. The lowest BCUT2D eigenvalue weighted by Crippen LogP contribution is -2.59. The van der Waals surface area contributed by atoms with Crippen LogP contribution in [0.3, 0.4) is 0 Å². The lowest BCUT2D eigenvalue weighted by atomic mass is 9.52. The van der Waals surface area contributed by atoms with E-state index in [9.17, 15) is 0 Å². The van der Waals surface area contributed by atoms with Gasteiger partial charge in [-0.1, -0.05) is 60.9 Å². The summed E-state index contributed by atoms with van der Waals surface area (Å²) in [5.74, 6) is 0.876. The number of benzene rings is 2. The molecule has 1 heteroatoms. The summed E-state index contributed by atoms with van der Waals surface area (Å²) >= 11 is 0. The van der Waals surface area contributed by atoms with E-state index in [1.165, 1.54) is 61.8 Å². The Bertz CT molecular complexity index is 790. The Morgan fingerprint density at radius 2 is 1.76 bits per heavy atom. The summed E-state index contributed by atoms with van der Waals surface area (Å²) in [4.78, 5) is 2.66. The van der Waals surface area contributed by atoms with Gasteiger partial charge in [-0.25, -0.2) is 0 Å². The molecule has 1 heterocycles. The van der Waals surface area contributed by atoms with Crippen LogP contribution in [0, 0.1) is 12.8 Å². The fraction of sp³-hybridized carbons (Fsp3) is 0.500. The molecule has 0 spiro atoms. The third-order valence-corrected chi connectivity index (χ3v) is 7.50. The fourth-order valence-corrected chi connectivity index (χ4v) is 6.12. The second-order valence-electron chi connectivity index (χ2n) is 8.75. The van der Waals surface area contributed by atoms with Crippen LogP contribution in [0.5, 0.6) is 0 Å². The molecule has 2 aliphatic carbocycles. The number of hydrogen-bond donors (Lipinski definition) is 0. The third-order valence-electron chi connectivity index (χ3n) is 7.50. The highest BCUT2D eigenvalue weighted by Gasteiger charge is 2.52. The average molecular weight is 332 g/mol. The van der Waals surface area contributed by atoms with Crippen molar-refractivity contribution in [3.05, 3.63) is 59.2 Å². The van der Waals surface area contributed by atoms with Crippen LogP contribution in [0.1, 0.15) is 48.8 Å². The Morgan fingerprint density at radius 1 is 0.960 bits per heavy atom. The summed E-state index contributed by atoms with van der Waals surface area (Å²) in [6, 6.07) is 17.2. The smallest absolute Gasteiger partial charge is 0.0169 e. The van der Waals surface area contributed by atoms with Crippen molar-refractivity contribution >= 4 is 0 Å². The minimum atomic E-state index is 0.462. The molecule has 1 saturated heterocycles. The van der Waals surface area contributed by atoms with Crippen molar-refractivity contribution in [1.29, 1.82) is 0 Å². The molecule has 5 rings (SSSR count). The van der Waals surface area contributed by atoms with Crippen molar-refractivity contribution in [1.82, 2.24) is 4.90 Å². The highest BCUT2D eigenvalue weighted by atomic mass is 15.1. The maximum absolute atomic E-state index is 2.66. The van der Waals surface area contributed by atoms with Crippen molar-refractivity contribution in [3.63, 3.8) is 0 Å². The molecular formula is C24H29N. The zero-order valence-corrected chi connectivity index (χ0v) is 15.6. The fourth-order valence-electron chi connectivity index (χ4n) is 6.12. The van der Waals surface area contributed by atoms with Crippen molar-refractivity contribution in [2.45, 2.75) is 56.9 Å². The predicted octanol–water partition coefficient (Wildman–Crippen LogP) is 5.35. The molecule has 0 N–H and O–H groups in total. The molecule has 1 nitrogen and oxygen atoms in total. The van der Waals surface area contributed by atoms with Crippen LogP contribution in [0.2, 0.25) is 0 Å². The Morgan fingerprint density at radius 3 is 2.60 bits per heavy atom. The van der Waals surface area contributed by atoms with E-state index < -0.39 is 0 Å². The van der Waals surface area contributed by atoms with Gasteiger partial charge in [-0.15, -0.1) is 0 Å². The Labute approximate surface area is 152 Å². The van der Waals surface area contributed by atoms with Crippen LogP contribution >= 0.6 is 0 Å². The lowest BCUT2D eigenvalue weighted by molar-refractivity contribution is 0.00290. The molecule has 2 fully saturated rings. The van der Waals surface area contributed by atoms with Gasteiger partial charge in [0.15, 0.2) is 0 Å². The van der Waals surface area contributed by atoms with Crippen molar-refractivity contribution in [2.24, 2.45) is 5.92 Å². The first-order valence-electron chi connectivity index (χ1n) is 10.1. The molecule has 3 aliphatic rings. The molecular weight excluding hydrogens is 302 g/mol. The quantitative estimate of drug-likeness (QED) is 0.681. The molecule has 1 aliphatic heterocycles. The van der Waals surface area contributed by atoms with E-state index in [2.05, 4.69) is 61.3 Å². The number of nitrogens with zero attached hydrogens (tertiary/aromatic N) is 1. The van der Waals surface area contributed by atoms with Crippen LogP contribution in [0.15, 0.2) is 42.5 Å². The van der Waals surface area contributed by atoms with Crippen LogP contribution in [-0.2, 0) is 11.8 Å². The van der Waals surface area contributed by atoms with Crippen LogP contribution < -0.4 is 0 Å². The van der Waals surface area contributed by atoms with Crippen LogP contribution in [-0.4, -0.2) is 24.5 Å². The van der Waals surface area contributed by atoms with Gasteiger partial charge in [0.25, 0.3) is 0 Å². The van der Waals surface area contributed by atoms with Gasteiger partial charge in [-0.2, -0.15) is 0 Å². The topological polar surface area (TPSA) is 3.24 Å². The number of rotatable bonds is 1. The van der Waals surface area contributed by atoms with Crippen LogP contribution in [0.25, 0.3) is 11.1 Å². The number of piperidine rings is 1. The number of hydrogen-bond acceptors (Lipinski definition) is 1. The van der Waals surface area contributed by atoms with E-state index in [1.54, 1.807) is 11.1 Å². The molecule has 2 aromatic carbocycles. The maximum Gasteiger partial charge on any atom is 0.0169 e. The van der Waals surface area contributed by atoms with E-state index in [4.69, 9.17) is 0 Å². The molecule has 1 unspecified atom stereocenters. The van der Waals surface area contributed by atoms with Gasteiger partial charge in [0.2, 0.25) is 0 Å². The lowest BCUT2D eigenvalue weighted by Gasteiger charge is -2.58. The SMILES string of the molecule is Cc1ccc(-c2ccc3c(c2)C24CCCC[C@@H]2[C@H](C3)N(C)CC4)cc1. The second kappa shape index (κ2) is 5.71. The first-order valence-corrected chi connectivity index (χ1v) is 10.1. The van der Waals surface area contributed by atoms with Gasteiger partial charge in [-0.3, -0.25) is 0 Å². The summed E-state index contributed by atoms with van der Waals surface area (Å²) in [6.45, 7) is 3.44. The first kappa shape index (κ1) is 15.6. The van der Waals surface area contributed by atoms with Crippen molar-refractivity contribution < 1.29 is 0 Å². The second-order valence-corrected chi connectivity index (χ2v) is 8.75. The van der Waals surface area contributed by atoms with Gasteiger partial charge in [0, 0.05) is 11.5 Å². The van der Waals surface area contributed by atoms with Gasteiger partial charge in [-0.05, 0) is 74.4 Å². The predicted molar refractivity (Wildman–Crippen MR) is 105 cm³/mol. The number of fused-ring (bicyclic) bond motifs is 1. The van der Waals surface area contributed by atoms with E-state index in [-0.39, 0.29) is 0 Å². The highest BCUT2D eigenvalue weighted by Crippen LogP contribution is 2.55. The summed E-state index contributed by atoms with van der Waals surface area (Å²) in [5.41, 5.74) is 7.92. The monoisotopic (exact) mass is 331 g/mol. The zero-order chi connectivity index (χ0) is 17.0. The molecule has 25 heavy (non-hydrogen) atoms. The Balaban J connectivity index is 1.64. The molecule has 0 radical (unpaired) electrons. The summed E-state index contributed by atoms with van der Waals surface area (Å²) in [6.07, 6.45) is 8.31. The van der Waals surface area contributed by atoms with E-state index in [1.807, 2.05) is 0 Å². The molecule has 0 aromatic heterocycles. The summed E-state index contributed by atoms with van der Waals surface area (Å²) < 4.78 is 0. The average Bonchev–Trinajstić information content (AvgIpc) is 2.65. The molecule has 2 bridgehead atoms. The van der Waals surface area contributed by atoms with E-state index in [0.29, 0.717) is 5.41 Å². The van der Waals surface area contributed by atoms with Crippen LogP contribution in [0.4, 0.5) is 0 Å². The molecule has 1 saturated carbocycles. The molecule has 130 valence electrons. The van der Waals surface area contributed by atoms with Gasteiger partial charge < -0.3 is 4.90 Å². The van der Waals surface area contributed by atoms with Gasteiger partial charge >= 0.3 is 0 Å². The Hall–Kier alpha value is -1.60. The standard InChI is InChI=1S/C24H29N/c1-17-6-8-18(9-7-17)19-10-11-20-16-23-21-5-3-4-12-24(21,22(20)15-19)13-14-25(23)2/h6-11,15,21,23H,3-5,12-14,16H2,1-2H3/t21-,23+,24?/m1/s1. The maximum atomic E-state index is 2.66. The zero-order valence-electron chi connectivity index (χ0n) is 15.6. The minimum absolute atomic E-state index is 0.462. The first-order chi connectivity index (χ1) is 12.2. The molecule has 3 atom stereocenters. The number of aryl methyl sites for hydroxylation is 1. The Kier molecular flexibility index (Phi) is 3.57. The normalized spacial score (nSPS) is 31.3.